The molecule has 136 valence electrons. The monoisotopic (exact) mass is 421 g/mol. The minimum absolute atomic E-state index is 0.108. The molecule has 2 aromatic rings. The molecule has 1 aliphatic rings. The summed E-state index contributed by atoms with van der Waals surface area (Å²) in [5.74, 6) is -0.443. The minimum Gasteiger partial charge on any atom is -0.268 e. The lowest BCUT2D eigenvalue weighted by molar-refractivity contribution is -0.385. The first-order valence-electron chi connectivity index (χ1n) is 7.24. The molecule has 0 N–H and O–H groups in total. The quantitative estimate of drug-likeness (QED) is 0.308. The number of carbonyl (C=O) groups is 1. The molecule has 0 aromatic heterocycles. The van der Waals surface area contributed by atoms with E-state index >= 15 is 0 Å². The number of nitro groups is 2. The lowest BCUT2D eigenvalue weighted by atomic mass is 10.2. The van der Waals surface area contributed by atoms with Gasteiger partial charge in [0.1, 0.15) is 0 Å². The van der Waals surface area contributed by atoms with Crippen molar-refractivity contribution in [3.05, 3.63) is 78.2 Å². The van der Waals surface area contributed by atoms with Crippen LogP contribution in [0.4, 0.5) is 17.1 Å². The first-order chi connectivity index (χ1) is 12.8. The molecule has 0 unspecified atom stereocenters. The molecule has 0 saturated carbocycles. The first kappa shape index (κ1) is 19.0. The van der Waals surface area contributed by atoms with Gasteiger partial charge in [-0.05, 0) is 24.3 Å². The van der Waals surface area contributed by atoms with Gasteiger partial charge in [0.2, 0.25) is 0 Å². The molecule has 8 nitrogen and oxygen atoms in total. The van der Waals surface area contributed by atoms with Gasteiger partial charge in [-0.3, -0.25) is 29.9 Å². The van der Waals surface area contributed by atoms with Gasteiger partial charge in [-0.1, -0.05) is 35.6 Å². The number of thioether (sulfide) groups is 1. The SMILES string of the molecule is O=C1/C(=C\c2cc([N+](=O)[O-])ccc2Cl)SC(=S)N1c1ccc([N+](=O)[O-])cc1. The van der Waals surface area contributed by atoms with E-state index in [0.717, 1.165) is 11.8 Å². The molecule has 1 heterocycles. The highest BCUT2D eigenvalue weighted by molar-refractivity contribution is 8.27. The zero-order valence-electron chi connectivity index (χ0n) is 13.2. The van der Waals surface area contributed by atoms with Crippen LogP contribution in [0.15, 0.2) is 47.4 Å². The molecule has 1 fully saturated rings. The number of thiocarbonyl (C=S) groups is 1. The normalized spacial score (nSPS) is 15.4. The fourth-order valence-corrected chi connectivity index (χ4v) is 3.77. The highest BCUT2D eigenvalue weighted by Gasteiger charge is 2.33. The summed E-state index contributed by atoms with van der Waals surface area (Å²) in [4.78, 5) is 34.8. The van der Waals surface area contributed by atoms with Crippen molar-refractivity contribution in [3.63, 3.8) is 0 Å². The summed E-state index contributed by atoms with van der Waals surface area (Å²) < 4.78 is 0.238. The second-order valence-electron chi connectivity index (χ2n) is 5.25. The van der Waals surface area contributed by atoms with Crippen molar-refractivity contribution in [1.82, 2.24) is 0 Å². The van der Waals surface area contributed by atoms with Gasteiger partial charge in [-0.2, -0.15) is 0 Å². The molecule has 0 radical (unpaired) electrons. The van der Waals surface area contributed by atoms with E-state index in [2.05, 4.69) is 0 Å². The number of non-ortho nitro benzene ring substituents is 2. The second kappa shape index (κ2) is 7.43. The van der Waals surface area contributed by atoms with Crippen LogP contribution in [0.1, 0.15) is 5.56 Å². The maximum Gasteiger partial charge on any atom is 0.270 e. The maximum absolute atomic E-state index is 12.7. The van der Waals surface area contributed by atoms with Crippen LogP contribution < -0.4 is 4.90 Å². The largest absolute Gasteiger partial charge is 0.270 e. The number of nitro benzene ring substituents is 2. The Bertz CT molecular complexity index is 1020. The number of carbonyl (C=O) groups excluding carboxylic acids is 1. The van der Waals surface area contributed by atoms with Gasteiger partial charge in [-0.25, -0.2) is 0 Å². The van der Waals surface area contributed by atoms with E-state index in [1.165, 1.54) is 53.4 Å². The molecule has 0 atom stereocenters. The summed E-state index contributed by atoms with van der Waals surface area (Å²) in [7, 11) is 0. The molecule has 1 amide bonds. The Morgan fingerprint density at radius 1 is 1.04 bits per heavy atom. The van der Waals surface area contributed by atoms with Crippen molar-refractivity contribution in [3.8, 4) is 0 Å². The van der Waals surface area contributed by atoms with Gasteiger partial charge in [0.25, 0.3) is 17.3 Å². The van der Waals surface area contributed by atoms with Crippen LogP contribution in [-0.4, -0.2) is 20.1 Å². The molecule has 1 saturated heterocycles. The number of benzene rings is 2. The van der Waals surface area contributed by atoms with Gasteiger partial charge >= 0.3 is 0 Å². The van der Waals surface area contributed by atoms with Crippen LogP contribution in [0.25, 0.3) is 6.08 Å². The number of amides is 1. The molecule has 0 aliphatic carbocycles. The maximum atomic E-state index is 12.7. The average molecular weight is 422 g/mol. The molecule has 2 aromatic carbocycles. The van der Waals surface area contributed by atoms with Gasteiger partial charge in [0.05, 0.1) is 20.4 Å². The summed E-state index contributed by atoms with van der Waals surface area (Å²) in [5.41, 5.74) is 0.436. The van der Waals surface area contributed by atoms with Crippen LogP contribution in [0, 0.1) is 20.2 Å². The van der Waals surface area contributed by atoms with Crippen molar-refractivity contribution >= 4 is 68.9 Å². The Morgan fingerprint density at radius 2 is 1.63 bits per heavy atom. The van der Waals surface area contributed by atoms with Gasteiger partial charge < -0.3 is 0 Å². The van der Waals surface area contributed by atoms with Gasteiger partial charge in [-0.15, -0.1) is 0 Å². The first-order valence-corrected chi connectivity index (χ1v) is 8.84. The predicted molar refractivity (Wildman–Crippen MR) is 107 cm³/mol. The third-order valence-electron chi connectivity index (χ3n) is 3.59. The Labute approximate surface area is 166 Å². The van der Waals surface area contributed by atoms with E-state index in [1.54, 1.807) is 0 Å². The van der Waals surface area contributed by atoms with E-state index in [-0.39, 0.29) is 25.6 Å². The molecule has 27 heavy (non-hydrogen) atoms. The number of anilines is 1. The third-order valence-corrected chi connectivity index (χ3v) is 5.24. The van der Waals surface area contributed by atoms with E-state index in [9.17, 15) is 25.0 Å². The number of halogens is 1. The smallest absolute Gasteiger partial charge is 0.268 e. The average Bonchev–Trinajstić information content (AvgIpc) is 2.90. The van der Waals surface area contributed by atoms with Crippen molar-refractivity contribution in [1.29, 1.82) is 0 Å². The Morgan fingerprint density at radius 3 is 2.22 bits per heavy atom. The Kier molecular flexibility index (Phi) is 5.22. The van der Waals surface area contributed by atoms with Crippen LogP contribution in [0.3, 0.4) is 0 Å². The fraction of sp³-hybridized carbons (Fsp3) is 0. The standard InChI is InChI=1S/C16H8ClN3O5S2/c17-13-6-5-12(20(24)25)7-9(13)8-14-15(21)18(16(26)27-14)10-1-3-11(4-2-10)19(22)23/h1-8H/b14-8+. The van der Waals surface area contributed by atoms with Gasteiger partial charge in [0, 0.05) is 34.9 Å². The molecule has 1 aliphatic heterocycles. The molecule has 11 heteroatoms. The highest BCUT2D eigenvalue weighted by atomic mass is 35.5. The molecule has 0 spiro atoms. The summed E-state index contributed by atoms with van der Waals surface area (Å²) in [5, 5.41) is 21.9. The van der Waals surface area contributed by atoms with Gasteiger partial charge in [0.15, 0.2) is 4.32 Å². The number of nitrogens with zero attached hydrogens (tertiary/aromatic N) is 3. The zero-order chi connectivity index (χ0) is 19.7. The summed E-state index contributed by atoms with van der Waals surface area (Å²) >= 11 is 12.3. The molecular weight excluding hydrogens is 414 g/mol. The molecule has 3 rings (SSSR count). The Hall–Kier alpha value is -2.82. The number of hydrogen-bond donors (Lipinski definition) is 0. The predicted octanol–water partition coefficient (Wildman–Crippen LogP) is 4.56. The van der Waals surface area contributed by atoms with Crippen molar-refractivity contribution in [2.75, 3.05) is 4.90 Å². The molecular formula is C16H8ClN3O5S2. The van der Waals surface area contributed by atoms with Crippen LogP contribution >= 0.6 is 35.6 Å². The minimum atomic E-state index is -0.560. The van der Waals surface area contributed by atoms with E-state index in [4.69, 9.17) is 23.8 Å². The lowest BCUT2D eigenvalue weighted by Gasteiger charge is -2.13. The number of hydrogen-bond acceptors (Lipinski definition) is 7. The summed E-state index contributed by atoms with van der Waals surface area (Å²) in [6.45, 7) is 0. The van der Waals surface area contributed by atoms with Crippen molar-refractivity contribution < 1.29 is 14.6 Å². The van der Waals surface area contributed by atoms with E-state index in [0.29, 0.717) is 11.3 Å². The number of rotatable bonds is 4. The Balaban J connectivity index is 1.94. The van der Waals surface area contributed by atoms with E-state index in [1.807, 2.05) is 0 Å². The third kappa shape index (κ3) is 3.82. The fourth-order valence-electron chi connectivity index (χ4n) is 2.31. The summed E-state index contributed by atoms with van der Waals surface area (Å²) in [6.07, 6.45) is 1.43. The second-order valence-corrected chi connectivity index (χ2v) is 7.34. The lowest BCUT2D eigenvalue weighted by Crippen LogP contribution is -2.27. The molecule has 0 bridgehead atoms. The zero-order valence-corrected chi connectivity index (χ0v) is 15.6. The van der Waals surface area contributed by atoms with Crippen molar-refractivity contribution in [2.24, 2.45) is 0 Å². The van der Waals surface area contributed by atoms with Crippen LogP contribution in [-0.2, 0) is 4.79 Å². The topological polar surface area (TPSA) is 107 Å². The highest BCUT2D eigenvalue weighted by Crippen LogP contribution is 2.37. The summed E-state index contributed by atoms with van der Waals surface area (Å²) in [6, 6.07) is 9.30. The van der Waals surface area contributed by atoms with E-state index < -0.39 is 15.8 Å². The van der Waals surface area contributed by atoms with Crippen molar-refractivity contribution in [2.45, 2.75) is 0 Å². The van der Waals surface area contributed by atoms with Crippen LogP contribution in [0.2, 0.25) is 5.02 Å². The van der Waals surface area contributed by atoms with Crippen LogP contribution in [0.5, 0.6) is 0 Å².